The van der Waals surface area contributed by atoms with E-state index in [1.165, 1.54) is 4.88 Å². The van der Waals surface area contributed by atoms with Gasteiger partial charge in [-0.3, -0.25) is 0 Å². The molecule has 1 heterocycles. The summed E-state index contributed by atoms with van der Waals surface area (Å²) >= 11 is 1.65. The third-order valence-electron chi connectivity index (χ3n) is 2.77. The van der Waals surface area contributed by atoms with Crippen molar-refractivity contribution in [1.82, 2.24) is 10.6 Å². The number of thiophene rings is 1. The highest BCUT2D eigenvalue weighted by molar-refractivity contribution is 7.10. The highest BCUT2D eigenvalue weighted by Crippen LogP contribution is 2.21. The minimum atomic E-state index is -0.138. The average molecular weight is 270 g/mol. The standard InChI is InChI=1S/C13H22N2O2S/c1-3-11(12-7-5-9-18-12)15-13(17)14-10(2)6-4-8-16/h5,7,9-11,16H,3-4,6,8H2,1-2H3,(H2,14,15,17). The summed E-state index contributed by atoms with van der Waals surface area (Å²) < 4.78 is 0. The highest BCUT2D eigenvalue weighted by atomic mass is 32.1. The molecule has 0 radical (unpaired) electrons. The molecule has 18 heavy (non-hydrogen) atoms. The molecular formula is C13H22N2O2S. The molecule has 2 atom stereocenters. The number of rotatable bonds is 7. The molecule has 0 aliphatic heterocycles. The molecule has 0 fully saturated rings. The lowest BCUT2D eigenvalue weighted by molar-refractivity contribution is 0.230. The molecule has 1 aromatic heterocycles. The molecule has 0 aliphatic carbocycles. The Balaban J connectivity index is 2.38. The zero-order chi connectivity index (χ0) is 13.4. The van der Waals surface area contributed by atoms with Gasteiger partial charge in [0, 0.05) is 17.5 Å². The first-order chi connectivity index (χ1) is 8.67. The zero-order valence-electron chi connectivity index (χ0n) is 11.0. The second-order valence-corrected chi connectivity index (χ2v) is 5.34. The van der Waals surface area contributed by atoms with E-state index in [2.05, 4.69) is 17.6 Å². The Morgan fingerprint density at radius 3 is 2.83 bits per heavy atom. The lowest BCUT2D eigenvalue weighted by atomic mass is 10.2. The van der Waals surface area contributed by atoms with Gasteiger partial charge in [0.15, 0.2) is 0 Å². The van der Waals surface area contributed by atoms with Crippen molar-refractivity contribution >= 4 is 17.4 Å². The van der Waals surface area contributed by atoms with Crippen molar-refractivity contribution in [1.29, 1.82) is 0 Å². The number of aliphatic hydroxyl groups excluding tert-OH is 1. The second kappa shape index (κ2) is 8.11. The van der Waals surface area contributed by atoms with Crippen molar-refractivity contribution < 1.29 is 9.90 Å². The fourth-order valence-electron chi connectivity index (χ4n) is 1.76. The fraction of sp³-hybridized carbons (Fsp3) is 0.615. The molecule has 3 N–H and O–H groups in total. The van der Waals surface area contributed by atoms with Gasteiger partial charge in [0.1, 0.15) is 0 Å². The molecule has 0 saturated heterocycles. The van der Waals surface area contributed by atoms with Gasteiger partial charge < -0.3 is 15.7 Å². The van der Waals surface area contributed by atoms with Gasteiger partial charge in [-0.25, -0.2) is 4.79 Å². The Kier molecular flexibility index (Phi) is 6.75. The molecule has 4 nitrogen and oxygen atoms in total. The van der Waals surface area contributed by atoms with E-state index in [0.717, 1.165) is 12.8 Å². The van der Waals surface area contributed by atoms with Gasteiger partial charge in [-0.2, -0.15) is 0 Å². The molecule has 0 spiro atoms. The minimum Gasteiger partial charge on any atom is -0.396 e. The van der Waals surface area contributed by atoms with Crippen molar-refractivity contribution in [2.24, 2.45) is 0 Å². The predicted octanol–water partition coefficient (Wildman–Crippen LogP) is 2.66. The summed E-state index contributed by atoms with van der Waals surface area (Å²) in [4.78, 5) is 13.0. The number of hydrogen-bond donors (Lipinski definition) is 3. The minimum absolute atomic E-state index is 0.0787. The van der Waals surface area contributed by atoms with Crippen molar-refractivity contribution in [3.8, 4) is 0 Å². The van der Waals surface area contributed by atoms with Crippen LogP contribution in [0, 0.1) is 0 Å². The topological polar surface area (TPSA) is 61.4 Å². The van der Waals surface area contributed by atoms with E-state index in [9.17, 15) is 4.79 Å². The Hall–Kier alpha value is -1.07. The van der Waals surface area contributed by atoms with Crippen LogP contribution < -0.4 is 10.6 Å². The highest BCUT2D eigenvalue weighted by Gasteiger charge is 2.14. The van der Waals surface area contributed by atoms with Gasteiger partial charge in [0.25, 0.3) is 0 Å². The smallest absolute Gasteiger partial charge is 0.315 e. The molecule has 5 heteroatoms. The Morgan fingerprint density at radius 2 is 2.28 bits per heavy atom. The van der Waals surface area contributed by atoms with Crippen LogP contribution >= 0.6 is 11.3 Å². The summed E-state index contributed by atoms with van der Waals surface area (Å²) in [5, 5.41) is 16.6. The van der Waals surface area contributed by atoms with Crippen LogP contribution in [0.2, 0.25) is 0 Å². The summed E-state index contributed by atoms with van der Waals surface area (Å²) in [6.07, 6.45) is 2.38. The third kappa shape index (κ3) is 5.06. The third-order valence-corrected chi connectivity index (χ3v) is 3.76. The second-order valence-electron chi connectivity index (χ2n) is 4.36. The van der Waals surface area contributed by atoms with Crippen LogP contribution in [-0.2, 0) is 0 Å². The SMILES string of the molecule is CCC(NC(=O)NC(C)CCCO)c1cccs1. The lowest BCUT2D eigenvalue weighted by Crippen LogP contribution is -2.42. The van der Waals surface area contributed by atoms with Crippen molar-refractivity contribution in [3.05, 3.63) is 22.4 Å². The van der Waals surface area contributed by atoms with Crippen LogP contribution in [0.25, 0.3) is 0 Å². The molecule has 2 unspecified atom stereocenters. The number of hydrogen-bond acceptors (Lipinski definition) is 3. The summed E-state index contributed by atoms with van der Waals surface area (Å²) in [5.41, 5.74) is 0. The van der Waals surface area contributed by atoms with E-state index in [4.69, 9.17) is 5.11 Å². The lowest BCUT2D eigenvalue weighted by Gasteiger charge is -2.19. The van der Waals surface area contributed by atoms with Gasteiger partial charge in [-0.15, -0.1) is 11.3 Å². The first-order valence-corrected chi connectivity index (χ1v) is 7.26. The van der Waals surface area contributed by atoms with Crippen LogP contribution in [0.5, 0.6) is 0 Å². The van der Waals surface area contributed by atoms with Gasteiger partial charge in [-0.1, -0.05) is 13.0 Å². The van der Waals surface area contributed by atoms with E-state index in [-0.39, 0.29) is 24.7 Å². The van der Waals surface area contributed by atoms with Crippen molar-refractivity contribution in [2.75, 3.05) is 6.61 Å². The molecule has 0 saturated carbocycles. The largest absolute Gasteiger partial charge is 0.396 e. The van der Waals surface area contributed by atoms with Crippen LogP contribution in [0.3, 0.4) is 0 Å². The van der Waals surface area contributed by atoms with E-state index in [1.807, 2.05) is 24.4 Å². The number of amides is 2. The zero-order valence-corrected chi connectivity index (χ0v) is 11.8. The molecule has 1 aromatic rings. The van der Waals surface area contributed by atoms with Crippen LogP contribution in [-0.4, -0.2) is 23.8 Å². The summed E-state index contributed by atoms with van der Waals surface area (Å²) in [6, 6.07) is 4.05. The Labute approximate surface area is 112 Å². The van der Waals surface area contributed by atoms with Crippen molar-refractivity contribution in [2.45, 2.75) is 45.2 Å². The van der Waals surface area contributed by atoms with Gasteiger partial charge in [-0.05, 0) is 37.6 Å². The first-order valence-electron chi connectivity index (χ1n) is 6.38. The van der Waals surface area contributed by atoms with E-state index in [1.54, 1.807) is 11.3 Å². The van der Waals surface area contributed by atoms with Gasteiger partial charge in [0.05, 0.1) is 6.04 Å². The van der Waals surface area contributed by atoms with E-state index >= 15 is 0 Å². The molecule has 0 aromatic carbocycles. The molecule has 0 aliphatic rings. The van der Waals surface area contributed by atoms with Crippen LogP contribution in [0.1, 0.15) is 44.0 Å². The number of carbonyl (C=O) groups is 1. The van der Waals surface area contributed by atoms with Gasteiger partial charge in [0.2, 0.25) is 0 Å². The first kappa shape index (κ1) is 15.0. The number of urea groups is 1. The molecule has 1 rings (SSSR count). The van der Waals surface area contributed by atoms with E-state index in [0.29, 0.717) is 6.42 Å². The average Bonchev–Trinajstić information content (AvgIpc) is 2.87. The summed E-state index contributed by atoms with van der Waals surface area (Å²) in [6.45, 7) is 4.17. The number of carbonyl (C=O) groups excluding carboxylic acids is 1. The van der Waals surface area contributed by atoms with E-state index < -0.39 is 0 Å². The Morgan fingerprint density at radius 1 is 1.50 bits per heavy atom. The maximum Gasteiger partial charge on any atom is 0.315 e. The van der Waals surface area contributed by atoms with Crippen LogP contribution in [0.15, 0.2) is 17.5 Å². The van der Waals surface area contributed by atoms with Crippen molar-refractivity contribution in [3.63, 3.8) is 0 Å². The molecule has 2 amide bonds. The number of nitrogens with one attached hydrogen (secondary N) is 2. The maximum absolute atomic E-state index is 11.8. The molecule has 102 valence electrons. The van der Waals surface area contributed by atoms with Gasteiger partial charge >= 0.3 is 6.03 Å². The van der Waals surface area contributed by atoms with Crippen LogP contribution in [0.4, 0.5) is 4.79 Å². The predicted molar refractivity (Wildman–Crippen MR) is 74.8 cm³/mol. The quantitative estimate of drug-likeness (QED) is 0.713. The normalized spacial score (nSPS) is 13.9. The fourth-order valence-corrected chi connectivity index (χ4v) is 2.62. The summed E-state index contributed by atoms with van der Waals surface area (Å²) in [5.74, 6) is 0. The summed E-state index contributed by atoms with van der Waals surface area (Å²) in [7, 11) is 0. The number of aliphatic hydroxyl groups is 1. The monoisotopic (exact) mass is 270 g/mol. The Bertz CT molecular complexity index is 341. The maximum atomic E-state index is 11.8. The molecule has 0 bridgehead atoms. The molecular weight excluding hydrogens is 248 g/mol.